The second kappa shape index (κ2) is 6.31. The van der Waals surface area contributed by atoms with Crippen LogP contribution in [-0.4, -0.2) is 43.4 Å². The normalized spacial score (nSPS) is 11.1. The number of carboxylic acids is 1. The van der Waals surface area contributed by atoms with Crippen LogP contribution in [0.15, 0.2) is 24.4 Å². The molecule has 0 radical (unpaired) electrons. The summed E-state index contributed by atoms with van der Waals surface area (Å²) in [5.41, 5.74) is 0.854. The van der Waals surface area contributed by atoms with Gasteiger partial charge in [0.1, 0.15) is 0 Å². The fourth-order valence-electron chi connectivity index (χ4n) is 2.15. The second-order valence-electron chi connectivity index (χ2n) is 4.58. The van der Waals surface area contributed by atoms with Gasteiger partial charge < -0.3 is 15.2 Å². The molecular weight excluding hydrogens is 276 g/mol. The molecule has 0 spiro atoms. The van der Waals surface area contributed by atoms with Gasteiger partial charge in [0, 0.05) is 19.2 Å². The average molecular weight is 292 g/mol. The predicted octanol–water partition coefficient (Wildman–Crippen LogP) is 1.54. The van der Waals surface area contributed by atoms with E-state index < -0.39 is 10.9 Å². The molecule has 8 nitrogen and oxygen atoms in total. The average Bonchev–Trinajstić information content (AvgIpc) is 2.81. The summed E-state index contributed by atoms with van der Waals surface area (Å²) in [5.74, 6) is -0.961. The Hall–Kier alpha value is -2.48. The van der Waals surface area contributed by atoms with E-state index in [0.717, 1.165) is 0 Å². The largest absolute Gasteiger partial charge is 0.481 e. The van der Waals surface area contributed by atoms with E-state index in [0.29, 0.717) is 24.4 Å². The summed E-state index contributed by atoms with van der Waals surface area (Å²) < 4.78 is 1.43. The fourth-order valence-corrected chi connectivity index (χ4v) is 2.15. The van der Waals surface area contributed by atoms with Crippen molar-refractivity contribution in [3.63, 3.8) is 0 Å². The number of nitro groups is 1. The molecule has 0 bridgehead atoms. The van der Waals surface area contributed by atoms with Crippen LogP contribution in [-0.2, 0) is 11.3 Å². The van der Waals surface area contributed by atoms with Crippen molar-refractivity contribution in [3.8, 4) is 0 Å². The third-order valence-electron chi connectivity index (χ3n) is 3.21. The van der Waals surface area contributed by atoms with E-state index in [1.165, 1.54) is 4.40 Å². The minimum absolute atomic E-state index is 0.00495. The van der Waals surface area contributed by atoms with Crippen LogP contribution < -0.4 is 0 Å². The van der Waals surface area contributed by atoms with E-state index in [4.69, 9.17) is 5.11 Å². The molecule has 21 heavy (non-hydrogen) atoms. The van der Waals surface area contributed by atoms with Crippen LogP contribution in [0, 0.1) is 10.1 Å². The third-order valence-corrected chi connectivity index (χ3v) is 3.21. The molecule has 8 heteroatoms. The first kappa shape index (κ1) is 14.9. The maximum absolute atomic E-state index is 11.3. The lowest BCUT2D eigenvalue weighted by Gasteiger charge is -2.17. The predicted molar refractivity (Wildman–Crippen MR) is 75.1 cm³/mol. The zero-order chi connectivity index (χ0) is 15.4. The van der Waals surface area contributed by atoms with Crippen LogP contribution in [0.1, 0.15) is 19.0 Å². The van der Waals surface area contributed by atoms with Gasteiger partial charge in [-0.2, -0.15) is 4.40 Å². The number of hydrogen-bond acceptors (Lipinski definition) is 5. The zero-order valence-corrected chi connectivity index (χ0v) is 11.6. The molecule has 0 saturated heterocycles. The van der Waals surface area contributed by atoms with Crippen LogP contribution in [0.25, 0.3) is 5.65 Å². The van der Waals surface area contributed by atoms with Gasteiger partial charge in [-0.3, -0.25) is 9.69 Å². The number of nitrogens with zero attached hydrogens (tertiary/aromatic N) is 4. The van der Waals surface area contributed by atoms with Gasteiger partial charge in [-0.15, -0.1) is 0 Å². The smallest absolute Gasteiger partial charge is 0.352 e. The Kier molecular flexibility index (Phi) is 4.49. The van der Waals surface area contributed by atoms with E-state index in [9.17, 15) is 14.9 Å². The van der Waals surface area contributed by atoms with Gasteiger partial charge in [-0.1, -0.05) is 13.0 Å². The number of hydrogen-bond donors (Lipinski definition) is 1. The summed E-state index contributed by atoms with van der Waals surface area (Å²) in [6.45, 7) is 3.06. The zero-order valence-electron chi connectivity index (χ0n) is 11.6. The molecule has 0 atom stereocenters. The number of imidazole rings is 1. The Labute approximate surface area is 120 Å². The SMILES string of the molecule is CCN(CCC(=O)O)Cc1nc2ccccn2c1[N+](=O)[O-]. The lowest BCUT2D eigenvalue weighted by Crippen LogP contribution is -2.26. The van der Waals surface area contributed by atoms with Crippen LogP contribution in [0.4, 0.5) is 5.82 Å². The highest BCUT2D eigenvalue weighted by atomic mass is 16.6. The summed E-state index contributed by atoms with van der Waals surface area (Å²) in [6, 6.07) is 5.16. The Morgan fingerprint density at radius 1 is 1.52 bits per heavy atom. The van der Waals surface area contributed by atoms with Gasteiger partial charge in [0.15, 0.2) is 5.69 Å². The van der Waals surface area contributed by atoms with Crippen molar-refractivity contribution < 1.29 is 14.8 Å². The molecule has 1 N–H and O–H groups in total. The first-order valence-corrected chi connectivity index (χ1v) is 6.57. The molecule has 0 amide bonds. The van der Waals surface area contributed by atoms with E-state index in [1.54, 1.807) is 24.4 Å². The van der Waals surface area contributed by atoms with E-state index in [2.05, 4.69) is 4.98 Å². The van der Waals surface area contributed by atoms with E-state index in [1.807, 2.05) is 11.8 Å². The van der Waals surface area contributed by atoms with Crippen LogP contribution in [0.3, 0.4) is 0 Å². The van der Waals surface area contributed by atoms with E-state index >= 15 is 0 Å². The van der Waals surface area contributed by atoms with Crippen LogP contribution in [0.5, 0.6) is 0 Å². The van der Waals surface area contributed by atoms with Gasteiger partial charge in [0.2, 0.25) is 5.65 Å². The number of rotatable bonds is 7. The molecule has 0 unspecified atom stereocenters. The molecule has 0 aliphatic heterocycles. The van der Waals surface area contributed by atoms with Gasteiger partial charge in [0.25, 0.3) is 0 Å². The van der Waals surface area contributed by atoms with Crippen molar-refractivity contribution in [2.24, 2.45) is 0 Å². The fraction of sp³-hybridized carbons (Fsp3) is 0.385. The molecule has 0 saturated carbocycles. The highest BCUT2D eigenvalue weighted by Gasteiger charge is 2.23. The van der Waals surface area contributed by atoms with Crippen molar-refractivity contribution in [2.45, 2.75) is 19.9 Å². The highest BCUT2D eigenvalue weighted by molar-refractivity contribution is 5.66. The molecule has 2 aromatic rings. The van der Waals surface area contributed by atoms with Crippen molar-refractivity contribution in [3.05, 3.63) is 40.2 Å². The Bertz CT molecular complexity index is 667. The first-order chi connectivity index (χ1) is 10.0. The lowest BCUT2D eigenvalue weighted by atomic mass is 10.3. The maximum atomic E-state index is 11.3. The number of pyridine rings is 1. The number of carbonyl (C=O) groups is 1. The minimum Gasteiger partial charge on any atom is -0.481 e. The molecular formula is C13H16N4O4. The Morgan fingerprint density at radius 2 is 2.29 bits per heavy atom. The highest BCUT2D eigenvalue weighted by Crippen LogP contribution is 2.21. The van der Waals surface area contributed by atoms with Crippen molar-refractivity contribution in [1.82, 2.24) is 14.3 Å². The van der Waals surface area contributed by atoms with E-state index in [-0.39, 0.29) is 18.8 Å². The molecule has 2 rings (SSSR count). The van der Waals surface area contributed by atoms with Gasteiger partial charge in [-0.25, -0.2) is 4.98 Å². The van der Waals surface area contributed by atoms with Crippen molar-refractivity contribution >= 4 is 17.4 Å². The van der Waals surface area contributed by atoms with Crippen molar-refractivity contribution in [2.75, 3.05) is 13.1 Å². The molecule has 0 aliphatic carbocycles. The first-order valence-electron chi connectivity index (χ1n) is 6.57. The Morgan fingerprint density at radius 3 is 2.90 bits per heavy atom. The minimum atomic E-state index is -0.891. The number of carboxylic acid groups (broad SMARTS) is 1. The van der Waals surface area contributed by atoms with Crippen LogP contribution >= 0.6 is 0 Å². The summed E-state index contributed by atoms with van der Waals surface area (Å²) >= 11 is 0. The maximum Gasteiger partial charge on any atom is 0.352 e. The van der Waals surface area contributed by atoms with Crippen molar-refractivity contribution in [1.29, 1.82) is 0 Å². The topological polar surface area (TPSA) is 101 Å². The summed E-state index contributed by atoms with van der Waals surface area (Å²) in [6.07, 6.45) is 1.59. The summed E-state index contributed by atoms with van der Waals surface area (Å²) in [7, 11) is 0. The van der Waals surface area contributed by atoms with Gasteiger partial charge in [-0.05, 0) is 17.5 Å². The monoisotopic (exact) mass is 292 g/mol. The summed E-state index contributed by atoms with van der Waals surface area (Å²) in [4.78, 5) is 27.5. The van der Waals surface area contributed by atoms with Gasteiger partial charge >= 0.3 is 11.8 Å². The lowest BCUT2D eigenvalue weighted by molar-refractivity contribution is -0.391. The molecule has 0 aliphatic rings. The number of aromatic nitrogens is 2. The number of fused-ring (bicyclic) bond motifs is 1. The molecule has 0 aromatic carbocycles. The quantitative estimate of drug-likeness (QED) is 0.613. The molecule has 2 aromatic heterocycles. The van der Waals surface area contributed by atoms with Crippen LogP contribution in [0.2, 0.25) is 0 Å². The van der Waals surface area contributed by atoms with Gasteiger partial charge in [0.05, 0.1) is 12.6 Å². The Balaban J connectivity index is 2.30. The molecule has 2 heterocycles. The standard InChI is InChI=1S/C13H16N4O4/c1-2-15(8-6-12(18)19)9-10-13(17(20)21)16-7-4-3-5-11(16)14-10/h3-5,7H,2,6,8-9H2,1H3,(H,18,19). The molecule has 0 fully saturated rings. The third kappa shape index (κ3) is 3.34. The molecule has 112 valence electrons. The second-order valence-corrected chi connectivity index (χ2v) is 4.58. The summed E-state index contributed by atoms with van der Waals surface area (Å²) in [5, 5.41) is 20.0. The number of aliphatic carboxylic acids is 1.